The quantitative estimate of drug-likeness (QED) is 0.476. The van der Waals surface area contributed by atoms with Crippen LogP contribution in [-0.2, 0) is 9.47 Å². The van der Waals surface area contributed by atoms with E-state index in [0.717, 1.165) is 10.3 Å². The molecular weight excluding hydrogens is 170 g/mol. The van der Waals surface area contributed by atoms with Crippen LogP contribution in [0.4, 0.5) is 0 Å². The lowest BCUT2D eigenvalue weighted by atomic mass is 10.1. The Kier molecular flexibility index (Phi) is 3.45. The first kappa shape index (κ1) is 10.2. The summed E-state index contributed by atoms with van der Waals surface area (Å²) in [4.78, 5) is 0. The number of hydrogen-bond donors (Lipinski definition) is 0. The lowest BCUT2D eigenvalue weighted by molar-refractivity contribution is -0.463. The van der Waals surface area contributed by atoms with E-state index in [4.69, 9.17) is 9.47 Å². The number of nitrogens with zero attached hydrogens (tertiary/aromatic N) is 1. The summed E-state index contributed by atoms with van der Waals surface area (Å²) in [5.41, 5.74) is 0.871. The highest BCUT2D eigenvalue weighted by atomic mass is 16.5. The third kappa shape index (κ3) is 2.54. The second-order valence-corrected chi connectivity index (χ2v) is 3.05. The van der Waals surface area contributed by atoms with E-state index in [1.54, 1.807) is 20.4 Å². The van der Waals surface area contributed by atoms with Gasteiger partial charge in [-0.25, -0.2) is 4.74 Å². The Balaban J connectivity index is 2.76. The fraction of sp³-hybridized carbons (Fsp3) is 0.667. The van der Waals surface area contributed by atoms with Gasteiger partial charge in [0.25, 0.3) is 0 Å². The first-order chi connectivity index (χ1) is 6.17. The largest absolute Gasteiger partial charge is 0.624 e. The van der Waals surface area contributed by atoms with Crippen LogP contribution in [0.1, 0.15) is 6.92 Å². The standard InChI is InChI=1S/C9H15NO3/c1-7(12-2)8-4-9(13-3)6-10(11)5-8/h4-5,7,9H,6H2,1-3H3. The highest BCUT2D eigenvalue weighted by molar-refractivity contribution is 5.76. The van der Waals surface area contributed by atoms with Crippen molar-refractivity contribution in [2.24, 2.45) is 0 Å². The van der Waals surface area contributed by atoms with Crippen LogP contribution in [0.25, 0.3) is 0 Å². The van der Waals surface area contributed by atoms with E-state index in [-0.39, 0.29) is 12.2 Å². The zero-order valence-electron chi connectivity index (χ0n) is 8.19. The Hall–Kier alpha value is -0.870. The summed E-state index contributed by atoms with van der Waals surface area (Å²) in [5, 5.41) is 11.1. The van der Waals surface area contributed by atoms with Crippen molar-refractivity contribution in [1.29, 1.82) is 0 Å². The fourth-order valence-electron chi connectivity index (χ4n) is 1.23. The number of methoxy groups -OCH3 is 2. The minimum Gasteiger partial charge on any atom is -0.624 e. The van der Waals surface area contributed by atoms with Gasteiger partial charge >= 0.3 is 0 Å². The molecular formula is C9H15NO3. The molecule has 0 aliphatic carbocycles. The highest BCUT2D eigenvalue weighted by Gasteiger charge is 2.19. The Labute approximate surface area is 78.0 Å². The van der Waals surface area contributed by atoms with Gasteiger partial charge in [0.05, 0.1) is 6.10 Å². The van der Waals surface area contributed by atoms with Gasteiger partial charge in [0.1, 0.15) is 6.10 Å². The van der Waals surface area contributed by atoms with E-state index in [9.17, 15) is 5.21 Å². The summed E-state index contributed by atoms with van der Waals surface area (Å²) >= 11 is 0. The molecule has 1 heterocycles. The van der Waals surface area contributed by atoms with Crippen molar-refractivity contribution >= 4 is 6.21 Å². The number of hydroxylamine groups is 1. The monoisotopic (exact) mass is 185 g/mol. The van der Waals surface area contributed by atoms with Crippen molar-refractivity contribution in [3.05, 3.63) is 16.9 Å². The molecule has 0 radical (unpaired) electrons. The van der Waals surface area contributed by atoms with Gasteiger partial charge in [0.15, 0.2) is 12.8 Å². The molecule has 1 rings (SSSR count). The van der Waals surface area contributed by atoms with Crippen molar-refractivity contribution in [2.75, 3.05) is 20.8 Å². The molecule has 2 atom stereocenters. The molecule has 0 fully saturated rings. The number of rotatable bonds is 3. The maximum atomic E-state index is 11.1. The third-order valence-electron chi connectivity index (χ3n) is 2.16. The Bertz CT molecular complexity index is 235. The first-order valence-electron chi connectivity index (χ1n) is 4.23. The molecule has 2 unspecified atom stereocenters. The molecule has 4 heteroatoms. The van der Waals surface area contributed by atoms with Gasteiger partial charge in [-0.3, -0.25) is 0 Å². The summed E-state index contributed by atoms with van der Waals surface area (Å²) < 4.78 is 11.1. The molecule has 0 aromatic carbocycles. The van der Waals surface area contributed by atoms with Gasteiger partial charge in [-0.1, -0.05) is 0 Å². The van der Waals surface area contributed by atoms with Gasteiger partial charge in [-0.2, -0.15) is 0 Å². The van der Waals surface area contributed by atoms with Crippen LogP contribution in [-0.4, -0.2) is 43.9 Å². The predicted molar refractivity (Wildman–Crippen MR) is 49.9 cm³/mol. The van der Waals surface area contributed by atoms with Crippen molar-refractivity contribution in [3.63, 3.8) is 0 Å². The SMILES string of the molecule is COC1C=C(C(C)OC)C=[N+]([O-])C1. The molecule has 0 spiro atoms. The average molecular weight is 185 g/mol. The normalized spacial score (nSPS) is 25.0. The van der Waals surface area contributed by atoms with E-state index >= 15 is 0 Å². The van der Waals surface area contributed by atoms with E-state index in [0.29, 0.717) is 6.54 Å². The van der Waals surface area contributed by atoms with Crippen LogP contribution in [0.2, 0.25) is 0 Å². The van der Waals surface area contributed by atoms with E-state index < -0.39 is 0 Å². The molecule has 0 amide bonds. The number of ether oxygens (including phenoxy) is 2. The fourth-order valence-corrected chi connectivity index (χ4v) is 1.23. The van der Waals surface area contributed by atoms with Crippen LogP contribution in [0, 0.1) is 5.21 Å². The zero-order valence-corrected chi connectivity index (χ0v) is 8.19. The average Bonchev–Trinajstić information content (AvgIpc) is 2.15. The Morgan fingerprint density at radius 1 is 1.62 bits per heavy atom. The first-order valence-corrected chi connectivity index (χ1v) is 4.23. The lowest BCUT2D eigenvalue weighted by Gasteiger charge is -2.19. The maximum absolute atomic E-state index is 11.1. The van der Waals surface area contributed by atoms with Crippen molar-refractivity contribution in [3.8, 4) is 0 Å². The van der Waals surface area contributed by atoms with Gasteiger partial charge in [-0.15, -0.1) is 0 Å². The predicted octanol–water partition coefficient (Wildman–Crippen LogP) is 0.557. The molecule has 0 aromatic heterocycles. The third-order valence-corrected chi connectivity index (χ3v) is 2.16. The molecule has 0 saturated carbocycles. The molecule has 1 aliphatic heterocycles. The van der Waals surface area contributed by atoms with Gasteiger partial charge in [0.2, 0.25) is 0 Å². The van der Waals surface area contributed by atoms with Crippen LogP contribution < -0.4 is 0 Å². The molecule has 0 bridgehead atoms. The van der Waals surface area contributed by atoms with Crippen LogP contribution >= 0.6 is 0 Å². The van der Waals surface area contributed by atoms with Gasteiger partial charge in [-0.05, 0) is 13.0 Å². The van der Waals surface area contributed by atoms with Crippen LogP contribution in [0.3, 0.4) is 0 Å². The van der Waals surface area contributed by atoms with E-state index in [1.165, 1.54) is 0 Å². The summed E-state index contributed by atoms with van der Waals surface area (Å²) in [7, 11) is 3.21. The van der Waals surface area contributed by atoms with Crippen molar-refractivity contribution in [1.82, 2.24) is 0 Å². The van der Waals surface area contributed by atoms with Crippen molar-refractivity contribution in [2.45, 2.75) is 19.1 Å². The van der Waals surface area contributed by atoms with E-state index in [2.05, 4.69) is 0 Å². The molecule has 1 aliphatic rings. The van der Waals surface area contributed by atoms with Gasteiger partial charge < -0.3 is 14.7 Å². The second-order valence-electron chi connectivity index (χ2n) is 3.05. The smallest absolute Gasteiger partial charge is 0.182 e. The second kappa shape index (κ2) is 4.39. The van der Waals surface area contributed by atoms with Crippen LogP contribution in [0.15, 0.2) is 11.6 Å². The molecule has 0 saturated heterocycles. The summed E-state index contributed by atoms with van der Waals surface area (Å²) in [6.45, 7) is 2.25. The minimum absolute atomic E-state index is 0.0607. The lowest BCUT2D eigenvalue weighted by Crippen LogP contribution is -2.30. The van der Waals surface area contributed by atoms with Crippen LogP contribution in [0.5, 0.6) is 0 Å². The Morgan fingerprint density at radius 2 is 2.31 bits per heavy atom. The molecule has 74 valence electrons. The topological polar surface area (TPSA) is 44.5 Å². The highest BCUT2D eigenvalue weighted by Crippen LogP contribution is 2.10. The van der Waals surface area contributed by atoms with Crippen molar-refractivity contribution < 1.29 is 14.2 Å². The summed E-state index contributed by atoms with van der Waals surface area (Å²) in [6, 6.07) is 0. The number of hydrogen-bond acceptors (Lipinski definition) is 3. The molecule has 4 nitrogen and oxygen atoms in total. The van der Waals surface area contributed by atoms with Gasteiger partial charge in [0, 0.05) is 19.8 Å². The molecule has 13 heavy (non-hydrogen) atoms. The Morgan fingerprint density at radius 3 is 2.85 bits per heavy atom. The maximum Gasteiger partial charge on any atom is 0.182 e. The molecule has 0 aromatic rings. The van der Waals surface area contributed by atoms with E-state index in [1.807, 2.05) is 13.0 Å². The summed E-state index contributed by atoms with van der Waals surface area (Å²) in [6.07, 6.45) is 3.27. The molecule has 0 N–H and O–H groups in total. The zero-order chi connectivity index (χ0) is 9.84. The minimum atomic E-state index is -0.130. The summed E-state index contributed by atoms with van der Waals surface area (Å²) in [5.74, 6) is 0.